The van der Waals surface area contributed by atoms with Gasteiger partial charge in [-0.25, -0.2) is 0 Å². The van der Waals surface area contributed by atoms with Crippen LogP contribution in [0.1, 0.15) is 27.6 Å². The fourth-order valence-corrected chi connectivity index (χ4v) is 1.67. The van der Waals surface area contributed by atoms with Gasteiger partial charge in [-0.3, -0.25) is 0 Å². The van der Waals surface area contributed by atoms with Crippen molar-refractivity contribution in [1.29, 1.82) is 0 Å². The maximum atomic E-state index is 5.48. The summed E-state index contributed by atoms with van der Waals surface area (Å²) in [7, 11) is 0. The molecule has 0 aromatic carbocycles. The highest BCUT2D eigenvalue weighted by Crippen LogP contribution is 2.05. The number of likely N-dealkylation sites (tertiary alicyclic amines) is 1. The van der Waals surface area contributed by atoms with Crippen LogP contribution in [0.5, 0.6) is 0 Å². The predicted octanol–water partition coefficient (Wildman–Crippen LogP) is 1.77. The zero-order chi connectivity index (χ0) is 10.1. The SMILES string of the molecule is CCCOCCOCCN1CCCC1.[3HH]. The summed E-state index contributed by atoms with van der Waals surface area (Å²) in [5.74, 6) is 0. The van der Waals surface area contributed by atoms with Gasteiger partial charge in [-0.2, -0.15) is 0 Å². The summed E-state index contributed by atoms with van der Waals surface area (Å²) in [5, 5.41) is 0. The van der Waals surface area contributed by atoms with Gasteiger partial charge in [-0.1, -0.05) is 6.92 Å². The van der Waals surface area contributed by atoms with Crippen LogP contribution < -0.4 is 0 Å². The van der Waals surface area contributed by atoms with Gasteiger partial charge in [0, 0.05) is 14.6 Å². The molecule has 0 saturated carbocycles. The normalized spacial score (nSPS) is 17.8. The van der Waals surface area contributed by atoms with E-state index in [1.165, 1.54) is 25.9 Å². The summed E-state index contributed by atoms with van der Waals surface area (Å²) in [6, 6.07) is 0. The van der Waals surface area contributed by atoms with Crippen LogP contribution in [-0.4, -0.2) is 51.0 Å². The van der Waals surface area contributed by atoms with Gasteiger partial charge >= 0.3 is 0 Å². The lowest BCUT2D eigenvalue weighted by Crippen LogP contribution is -2.24. The smallest absolute Gasteiger partial charge is 0.0701 e. The Balaban J connectivity index is 0.00000196. The predicted molar refractivity (Wildman–Crippen MR) is 59.7 cm³/mol. The average Bonchev–Trinajstić information content (AvgIpc) is 2.69. The third-order valence-corrected chi connectivity index (χ3v) is 2.47. The minimum absolute atomic E-state index is 0. The number of rotatable bonds is 8. The zero-order valence-electron chi connectivity index (χ0n) is 9.33. The van der Waals surface area contributed by atoms with E-state index in [0.29, 0.717) is 0 Å². The molecule has 0 aromatic heterocycles. The van der Waals surface area contributed by atoms with Crippen molar-refractivity contribution in [2.75, 3.05) is 46.1 Å². The first-order valence-electron chi connectivity index (χ1n) is 5.81. The molecule has 14 heavy (non-hydrogen) atoms. The highest BCUT2D eigenvalue weighted by atomic mass is 16.5. The van der Waals surface area contributed by atoms with Crippen molar-refractivity contribution in [3.05, 3.63) is 0 Å². The monoisotopic (exact) mass is 205 g/mol. The molecule has 0 aliphatic carbocycles. The molecule has 1 rings (SSSR count). The van der Waals surface area contributed by atoms with Gasteiger partial charge in [-0.05, 0) is 32.4 Å². The van der Waals surface area contributed by atoms with E-state index in [9.17, 15) is 0 Å². The van der Waals surface area contributed by atoms with Crippen molar-refractivity contribution in [3.8, 4) is 0 Å². The molecule has 0 unspecified atom stereocenters. The third kappa shape index (κ3) is 5.58. The molecular formula is C11H25NO2. The number of hydrogen-bond acceptors (Lipinski definition) is 3. The molecule has 0 aromatic rings. The lowest BCUT2D eigenvalue weighted by Gasteiger charge is -2.14. The molecule has 0 amide bonds. The molecule has 3 nitrogen and oxygen atoms in total. The molecule has 1 saturated heterocycles. The summed E-state index contributed by atoms with van der Waals surface area (Å²) in [6.45, 7) is 8.93. The van der Waals surface area contributed by atoms with Crippen molar-refractivity contribution < 1.29 is 10.9 Å². The molecule has 1 fully saturated rings. The van der Waals surface area contributed by atoms with Crippen LogP contribution in [0.2, 0.25) is 0 Å². The van der Waals surface area contributed by atoms with Crippen molar-refractivity contribution in [2.45, 2.75) is 26.2 Å². The van der Waals surface area contributed by atoms with Gasteiger partial charge in [0.2, 0.25) is 0 Å². The van der Waals surface area contributed by atoms with Gasteiger partial charge < -0.3 is 14.4 Å². The average molecular weight is 205 g/mol. The Hall–Kier alpha value is -0.120. The maximum absolute atomic E-state index is 5.48. The number of ether oxygens (including phenoxy) is 2. The van der Waals surface area contributed by atoms with Crippen LogP contribution in [-0.2, 0) is 9.47 Å². The topological polar surface area (TPSA) is 21.7 Å². The highest BCUT2D eigenvalue weighted by molar-refractivity contribution is 4.64. The highest BCUT2D eigenvalue weighted by Gasteiger charge is 2.09. The molecule has 0 spiro atoms. The Labute approximate surface area is 88.9 Å². The van der Waals surface area contributed by atoms with Crippen LogP contribution >= 0.6 is 0 Å². The maximum Gasteiger partial charge on any atom is 0.0701 e. The lowest BCUT2D eigenvalue weighted by molar-refractivity contribution is 0.0410. The minimum Gasteiger partial charge on any atom is -0.379 e. The Morgan fingerprint density at radius 2 is 1.64 bits per heavy atom. The van der Waals surface area contributed by atoms with E-state index >= 15 is 0 Å². The van der Waals surface area contributed by atoms with E-state index < -0.39 is 0 Å². The number of hydrogen-bond donors (Lipinski definition) is 0. The molecule has 1 aliphatic heterocycles. The van der Waals surface area contributed by atoms with E-state index in [-0.39, 0.29) is 1.43 Å². The van der Waals surface area contributed by atoms with E-state index in [1.807, 2.05) is 0 Å². The van der Waals surface area contributed by atoms with Gasteiger partial charge in [-0.15, -0.1) is 0 Å². The second-order valence-electron chi connectivity index (χ2n) is 3.77. The van der Waals surface area contributed by atoms with Crippen LogP contribution in [0.4, 0.5) is 0 Å². The minimum atomic E-state index is 0. The van der Waals surface area contributed by atoms with E-state index in [0.717, 1.165) is 39.4 Å². The summed E-state index contributed by atoms with van der Waals surface area (Å²) in [5.41, 5.74) is 0. The van der Waals surface area contributed by atoms with Crippen LogP contribution in [0.3, 0.4) is 0 Å². The summed E-state index contributed by atoms with van der Waals surface area (Å²) < 4.78 is 10.8. The first-order valence-corrected chi connectivity index (χ1v) is 5.81. The fourth-order valence-electron chi connectivity index (χ4n) is 1.67. The van der Waals surface area contributed by atoms with Gasteiger partial charge in [0.15, 0.2) is 0 Å². The van der Waals surface area contributed by atoms with Crippen molar-refractivity contribution >= 4 is 0 Å². The van der Waals surface area contributed by atoms with Crippen molar-refractivity contribution in [3.63, 3.8) is 0 Å². The Kier molecular flexibility index (Phi) is 7.01. The Morgan fingerprint density at radius 1 is 1.00 bits per heavy atom. The second kappa shape index (κ2) is 8.21. The van der Waals surface area contributed by atoms with Crippen LogP contribution in [0.25, 0.3) is 0 Å². The fraction of sp³-hybridized carbons (Fsp3) is 1.00. The first kappa shape index (κ1) is 12.0. The third-order valence-electron chi connectivity index (χ3n) is 2.47. The summed E-state index contributed by atoms with van der Waals surface area (Å²) >= 11 is 0. The lowest BCUT2D eigenvalue weighted by atomic mass is 10.4. The Morgan fingerprint density at radius 3 is 2.29 bits per heavy atom. The standard InChI is InChI=1S/C11H23NO2.H2/c1-2-8-13-10-11-14-9-7-12-5-3-4-6-12;/h2-11H2,1H3;1H/i;1+2. The molecule has 0 bridgehead atoms. The molecular weight excluding hydrogens is 178 g/mol. The van der Waals surface area contributed by atoms with Gasteiger partial charge in [0.25, 0.3) is 0 Å². The molecule has 86 valence electrons. The van der Waals surface area contributed by atoms with E-state index in [1.54, 1.807) is 0 Å². The molecule has 1 aliphatic rings. The number of nitrogens with zero attached hydrogens (tertiary/aromatic N) is 1. The molecule has 0 radical (unpaired) electrons. The van der Waals surface area contributed by atoms with E-state index in [4.69, 9.17) is 9.47 Å². The zero-order valence-corrected chi connectivity index (χ0v) is 9.33. The largest absolute Gasteiger partial charge is 0.379 e. The quantitative estimate of drug-likeness (QED) is 0.564. The van der Waals surface area contributed by atoms with Gasteiger partial charge in [0.1, 0.15) is 0 Å². The molecule has 1 heterocycles. The Bertz CT molecular complexity index is 130. The summed E-state index contributed by atoms with van der Waals surface area (Å²) in [4.78, 5) is 2.47. The second-order valence-corrected chi connectivity index (χ2v) is 3.77. The van der Waals surface area contributed by atoms with Gasteiger partial charge in [0.05, 0.1) is 19.8 Å². The van der Waals surface area contributed by atoms with Crippen LogP contribution in [0.15, 0.2) is 0 Å². The van der Waals surface area contributed by atoms with Crippen molar-refractivity contribution in [1.82, 2.24) is 4.90 Å². The molecule has 0 atom stereocenters. The van der Waals surface area contributed by atoms with E-state index in [2.05, 4.69) is 11.8 Å². The molecule has 0 N–H and O–H groups in total. The van der Waals surface area contributed by atoms with Crippen LogP contribution in [0, 0.1) is 0 Å². The summed E-state index contributed by atoms with van der Waals surface area (Å²) in [6.07, 6.45) is 3.81. The molecule has 3 heteroatoms. The van der Waals surface area contributed by atoms with Crippen molar-refractivity contribution in [2.24, 2.45) is 0 Å². The first-order chi connectivity index (χ1) is 6.93.